The summed E-state index contributed by atoms with van der Waals surface area (Å²) in [5, 5.41) is 6.40. The van der Waals surface area contributed by atoms with E-state index in [1.54, 1.807) is 30.5 Å². The molecule has 0 spiro atoms. The Hall–Kier alpha value is -1.95. The Morgan fingerprint density at radius 2 is 2.21 bits per heavy atom. The van der Waals surface area contributed by atoms with Crippen molar-refractivity contribution >= 4 is 28.2 Å². The minimum absolute atomic E-state index is 0.218. The molecule has 0 atom stereocenters. The average Bonchev–Trinajstić information content (AvgIpc) is 2.99. The van der Waals surface area contributed by atoms with Crippen LogP contribution in [0.25, 0.3) is 0 Å². The number of aryl methyl sites for hydroxylation is 2. The largest absolute Gasteiger partial charge is 0.373 e. The maximum Gasteiger partial charge on any atom is 0.276 e. The Balaban J connectivity index is 1.76. The number of pyridine rings is 1. The molecular weight excluding hydrogens is 260 g/mol. The first-order chi connectivity index (χ1) is 9.26. The number of thiazole rings is 1. The van der Waals surface area contributed by atoms with Gasteiger partial charge in [0, 0.05) is 11.9 Å². The Bertz CT molecular complexity index is 601. The first-order valence-electron chi connectivity index (χ1n) is 6.21. The van der Waals surface area contributed by atoms with Crippen molar-refractivity contribution in [1.82, 2.24) is 9.97 Å². The molecule has 5 nitrogen and oxygen atoms in total. The highest BCUT2D eigenvalue weighted by atomic mass is 32.1. The van der Waals surface area contributed by atoms with Gasteiger partial charge in [-0.1, -0.05) is 6.07 Å². The van der Waals surface area contributed by atoms with Crippen LogP contribution in [-0.4, -0.2) is 22.9 Å². The predicted octanol–water partition coefficient (Wildman–Crippen LogP) is 2.32. The fraction of sp³-hybridized carbons (Fsp3) is 0.308. The summed E-state index contributed by atoms with van der Waals surface area (Å²) in [5.41, 5.74) is 1.53. The predicted molar refractivity (Wildman–Crippen MR) is 75.9 cm³/mol. The van der Waals surface area contributed by atoms with E-state index in [1.165, 1.54) is 11.3 Å². The summed E-state index contributed by atoms with van der Waals surface area (Å²) >= 11 is 1.57. The molecule has 0 aromatic carbocycles. The van der Waals surface area contributed by atoms with Crippen molar-refractivity contribution in [2.45, 2.75) is 19.3 Å². The van der Waals surface area contributed by atoms with Crippen molar-refractivity contribution in [2.24, 2.45) is 0 Å². The van der Waals surface area contributed by atoms with E-state index >= 15 is 0 Å². The van der Waals surface area contributed by atoms with Crippen LogP contribution in [0.4, 0.5) is 10.9 Å². The first kappa shape index (κ1) is 12.1. The van der Waals surface area contributed by atoms with E-state index in [0.717, 1.165) is 18.5 Å². The van der Waals surface area contributed by atoms with Gasteiger partial charge in [0.1, 0.15) is 11.5 Å². The third-order valence-electron chi connectivity index (χ3n) is 3.05. The van der Waals surface area contributed by atoms with Crippen molar-refractivity contribution in [3.8, 4) is 0 Å². The number of fused-ring (bicyclic) bond motifs is 1. The zero-order valence-electron chi connectivity index (χ0n) is 10.6. The lowest BCUT2D eigenvalue weighted by Gasteiger charge is -2.03. The van der Waals surface area contributed by atoms with Gasteiger partial charge in [-0.05, 0) is 31.4 Å². The van der Waals surface area contributed by atoms with Crippen molar-refractivity contribution < 1.29 is 4.79 Å². The molecule has 1 aliphatic rings. The number of rotatable bonds is 3. The van der Waals surface area contributed by atoms with Crippen molar-refractivity contribution in [3.63, 3.8) is 0 Å². The second-order valence-corrected chi connectivity index (χ2v) is 5.44. The maximum absolute atomic E-state index is 12.1. The molecule has 19 heavy (non-hydrogen) atoms. The highest BCUT2D eigenvalue weighted by Crippen LogP contribution is 2.30. The molecule has 0 radical (unpaired) electrons. The Morgan fingerprint density at radius 3 is 3.00 bits per heavy atom. The van der Waals surface area contributed by atoms with Crippen LogP contribution >= 0.6 is 11.3 Å². The SMILES string of the molecule is CNc1cccc(C(=O)Nc2nc3c(s2)CCC3)n1. The minimum atomic E-state index is -0.218. The molecule has 0 saturated carbocycles. The molecule has 0 saturated heterocycles. The van der Waals surface area contributed by atoms with Gasteiger partial charge >= 0.3 is 0 Å². The van der Waals surface area contributed by atoms with Gasteiger partial charge < -0.3 is 5.32 Å². The summed E-state index contributed by atoms with van der Waals surface area (Å²) in [5.74, 6) is 0.457. The van der Waals surface area contributed by atoms with Gasteiger partial charge in [0.2, 0.25) is 0 Å². The summed E-state index contributed by atoms with van der Waals surface area (Å²) < 4.78 is 0. The smallest absolute Gasteiger partial charge is 0.276 e. The number of anilines is 2. The zero-order chi connectivity index (χ0) is 13.2. The van der Waals surface area contributed by atoms with Crippen molar-refractivity contribution in [3.05, 3.63) is 34.5 Å². The topological polar surface area (TPSA) is 66.9 Å². The lowest BCUT2D eigenvalue weighted by molar-refractivity contribution is 0.102. The molecule has 2 heterocycles. The second-order valence-electron chi connectivity index (χ2n) is 4.35. The number of amides is 1. The summed E-state index contributed by atoms with van der Waals surface area (Å²) in [6.07, 6.45) is 3.28. The molecule has 0 aliphatic heterocycles. The molecule has 1 aliphatic carbocycles. The minimum Gasteiger partial charge on any atom is -0.373 e. The second kappa shape index (κ2) is 4.97. The van der Waals surface area contributed by atoms with Crippen molar-refractivity contribution in [1.29, 1.82) is 0 Å². The molecular formula is C13H14N4OS. The van der Waals surface area contributed by atoms with Crippen LogP contribution in [0.2, 0.25) is 0 Å². The third kappa shape index (κ3) is 2.44. The van der Waals surface area contributed by atoms with Gasteiger partial charge in [-0.25, -0.2) is 9.97 Å². The van der Waals surface area contributed by atoms with Gasteiger partial charge in [0.05, 0.1) is 5.69 Å². The van der Waals surface area contributed by atoms with E-state index in [1.807, 2.05) is 6.07 Å². The zero-order valence-corrected chi connectivity index (χ0v) is 11.4. The third-order valence-corrected chi connectivity index (χ3v) is 4.13. The summed E-state index contributed by atoms with van der Waals surface area (Å²) in [6, 6.07) is 5.31. The van der Waals surface area contributed by atoms with Crippen molar-refractivity contribution in [2.75, 3.05) is 17.7 Å². The molecule has 1 amide bonds. The standard InChI is InChI=1S/C13H14N4OS/c1-14-11-7-3-5-9(15-11)12(18)17-13-16-8-4-2-6-10(8)19-13/h3,5,7H,2,4,6H2,1H3,(H,14,15)(H,16,17,18). The van der Waals surface area contributed by atoms with Crippen LogP contribution in [0.5, 0.6) is 0 Å². The lowest BCUT2D eigenvalue weighted by Crippen LogP contribution is -2.14. The monoisotopic (exact) mass is 274 g/mol. The molecule has 2 aromatic rings. The van der Waals surface area contributed by atoms with Crippen LogP contribution in [0.3, 0.4) is 0 Å². The van der Waals surface area contributed by atoms with E-state index in [-0.39, 0.29) is 5.91 Å². The summed E-state index contributed by atoms with van der Waals surface area (Å²) in [4.78, 5) is 22.0. The number of hydrogen-bond donors (Lipinski definition) is 2. The molecule has 0 fully saturated rings. The van der Waals surface area contributed by atoms with E-state index < -0.39 is 0 Å². The number of nitrogens with zero attached hydrogens (tertiary/aromatic N) is 2. The fourth-order valence-electron chi connectivity index (χ4n) is 2.11. The molecule has 2 aromatic heterocycles. The van der Waals surface area contributed by atoms with Gasteiger partial charge in [-0.2, -0.15) is 0 Å². The first-order valence-corrected chi connectivity index (χ1v) is 7.02. The van der Waals surface area contributed by atoms with Gasteiger partial charge in [-0.15, -0.1) is 11.3 Å². The maximum atomic E-state index is 12.1. The highest BCUT2D eigenvalue weighted by Gasteiger charge is 2.18. The van der Waals surface area contributed by atoms with Crippen LogP contribution in [0.1, 0.15) is 27.5 Å². The number of hydrogen-bond acceptors (Lipinski definition) is 5. The molecule has 6 heteroatoms. The average molecular weight is 274 g/mol. The van der Waals surface area contributed by atoms with Crippen LogP contribution in [-0.2, 0) is 12.8 Å². The molecule has 98 valence electrons. The number of carbonyl (C=O) groups excluding carboxylic acids is 1. The summed E-state index contributed by atoms with van der Waals surface area (Å²) in [6.45, 7) is 0. The number of carbonyl (C=O) groups is 1. The number of aromatic nitrogens is 2. The van der Waals surface area contributed by atoms with Crippen LogP contribution in [0, 0.1) is 0 Å². The van der Waals surface area contributed by atoms with Gasteiger partial charge in [0.25, 0.3) is 5.91 Å². The molecule has 0 bridgehead atoms. The van der Waals surface area contributed by atoms with Gasteiger partial charge in [0.15, 0.2) is 5.13 Å². The fourth-order valence-corrected chi connectivity index (χ4v) is 3.15. The summed E-state index contributed by atoms with van der Waals surface area (Å²) in [7, 11) is 1.77. The quantitative estimate of drug-likeness (QED) is 0.901. The van der Waals surface area contributed by atoms with E-state index in [4.69, 9.17) is 0 Å². The Morgan fingerprint density at radius 1 is 1.32 bits per heavy atom. The highest BCUT2D eigenvalue weighted by molar-refractivity contribution is 7.15. The van der Waals surface area contributed by atoms with E-state index in [0.29, 0.717) is 16.6 Å². The molecule has 2 N–H and O–H groups in total. The Kier molecular flexibility index (Phi) is 3.16. The van der Waals surface area contributed by atoms with Crippen LogP contribution in [0.15, 0.2) is 18.2 Å². The van der Waals surface area contributed by atoms with E-state index in [2.05, 4.69) is 20.6 Å². The van der Waals surface area contributed by atoms with Crippen LogP contribution < -0.4 is 10.6 Å². The molecule has 3 rings (SSSR count). The lowest BCUT2D eigenvalue weighted by atomic mass is 10.3. The molecule has 0 unspecified atom stereocenters. The Labute approximate surface area is 115 Å². The number of nitrogens with one attached hydrogen (secondary N) is 2. The normalized spacial score (nSPS) is 13.1. The van der Waals surface area contributed by atoms with Gasteiger partial charge in [-0.3, -0.25) is 10.1 Å². The van der Waals surface area contributed by atoms with E-state index in [9.17, 15) is 4.79 Å².